The van der Waals surface area contributed by atoms with Crippen molar-refractivity contribution in [3.05, 3.63) is 34.3 Å². The van der Waals surface area contributed by atoms with Crippen LogP contribution in [-0.4, -0.2) is 17.8 Å². The minimum Gasteiger partial charge on any atom is -0.393 e. The SMILES string of the molecule is CCC(O)CCNCc1ccc(Cl)c(C)c1. The fourth-order valence-corrected chi connectivity index (χ4v) is 1.64. The van der Waals surface area contributed by atoms with E-state index in [1.54, 1.807) is 0 Å². The Morgan fingerprint density at radius 1 is 1.44 bits per heavy atom. The lowest BCUT2D eigenvalue weighted by atomic mass is 10.1. The van der Waals surface area contributed by atoms with E-state index in [0.29, 0.717) is 0 Å². The van der Waals surface area contributed by atoms with Crippen LogP contribution in [0, 0.1) is 6.92 Å². The average molecular weight is 242 g/mol. The van der Waals surface area contributed by atoms with E-state index in [2.05, 4.69) is 11.4 Å². The van der Waals surface area contributed by atoms with E-state index in [4.69, 9.17) is 11.6 Å². The molecule has 0 aliphatic carbocycles. The fourth-order valence-electron chi connectivity index (χ4n) is 1.52. The lowest BCUT2D eigenvalue weighted by Crippen LogP contribution is -2.19. The van der Waals surface area contributed by atoms with Crippen LogP contribution in [0.5, 0.6) is 0 Å². The highest BCUT2D eigenvalue weighted by atomic mass is 35.5. The summed E-state index contributed by atoms with van der Waals surface area (Å²) in [5, 5.41) is 13.5. The van der Waals surface area contributed by atoms with Gasteiger partial charge in [-0.1, -0.05) is 30.7 Å². The lowest BCUT2D eigenvalue weighted by Gasteiger charge is -2.09. The number of rotatable bonds is 6. The maximum atomic E-state index is 9.38. The van der Waals surface area contributed by atoms with Crippen LogP contribution in [0.2, 0.25) is 5.02 Å². The van der Waals surface area contributed by atoms with Crippen molar-refractivity contribution in [3.8, 4) is 0 Å². The van der Waals surface area contributed by atoms with Gasteiger partial charge in [-0.15, -0.1) is 0 Å². The van der Waals surface area contributed by atoms with Crippen LogP contribution in [0.15, 0.2) is 18.2 Å². The molecule has 1 rings (SSSR count). The topological polar surface area (TPSA) is 32.3 Å². The van der Waals surface area contributed by atoms with Gasteiger partial charge in [0.05, 0.1) is 6.10 Å². The summed E-state index contributed by atoms with van der Waals surface area (Å²) in [7, 11) is 0. The molecule has 3 heteroatoms. The van der Waals surface area contributed by atoms with Crippen LogP contribution in [0.3, 0.4) is 0 Å². The van der Waals surface area contributed by atoms with Crippen LogP contribution in [0.25, 0.3) is 0 Å². The van der Waals surface area contributed by atoms with Gasteiger partial charge in [0, 0.05) is 11.6 Å². The fraction of sp³-hybridized carbons (Fsp3) is 0.538. The number of aliphatic hydroxyl groups excluding tert-OH is 1. The Balaban J connectivity index is 2.29. The summed E-state index contributed by atoms with van der Waals surface area (Å²) in [4.78, 5) is 0. The third-order valence-electron chi connectivity index (χ3n) is 2.68. The largest absolute Gasteiger partial charge is 0.393 e. The zero-order valence-electron chi connectivity index (χ0n) is 9.96. The van der Waals surface area contributed by atoms with E-state index in [1.807, 2.05) is 26.0 Å². The summed E-state index contributed by atoms with van der Waals surface area (Å²) < 4.78 is 0. The molecule has 0 radical (unpaired) electrons. The Kier molecular flexibility index (Phi) is 5.81. The maximum Gasteiger partial charge on any atom is 0.0549 e. The van der Waals surface area contributed by atoms with Crippen LogP contribution in [0.1, 0.15) is 30.9 Å². The first-order chi connectivity index (χ1) is 7.63. The minimum atomic E-state index is -0.181. The van der Waals surface area contributed by atoms with Crippen LogP contribution < -0.4 is 5.32 Å². The molecule has 0 spiro atoms. The number of hydrogen-bond acceptors (Lipinski definition) is 2. The molecule has 0 aliphatic heterocycles. The monoisotopic (exact) mass is 241 g/mol. The Labute approximate surface area is 103 Å². The zero-order valence-corrected chi connectivity index (χ0v) is 10.7. The number of aliphatic hydroxyl groups is 1. The molecule has 0 saturated heterocycles. The van der Waals surface area contributed by atoms with E-state index in [0.717, 1.165) is 36.5 Å². The smallest absolute Gasteiger partial charge is 0.0549 e. The second kappa shape index (κ2) is 6.89. The van der Waals surface area contributed by atoms with Crippen molar-refractivity contribution in [1.29, 1.82) is 0 Å². The summed E-state index contributed by atoms with van der Waals surface area (Å²) >= 11 is 5.95. The molecule has 2 N–H and O–H groups in total. The van der Waals surface area contributed by atoms with Gasteiger partial charge in [0.2, 0.25) is 0 Å². The third kappa shape index (κ3) is 4.52. The van der Waals surface area contributed by atoms with Gasteiger partial charge >= 0.3 is 0 Å². The van der Waals surface area contributed by atoms with Crippen molar-refractivity contribution in [2.45, 2.75) is 39.3 Å². The van der Waals surface area contributed by atoms with Gasteiger partial charge in [0.25, 0.3) is 0 Å². The van der Waals surface area contributed by atoms with Crippen LogP contribution in [0.4, 0.5) is 0 Å². The van der Waals surface area contributed by atoms with E-state index in [9.17, 15) is 5.11 Å². The van der Waals surface area contributed by atoms with Crippen molar-refractivity contribution in [1.82, 2.24) is 5.32 Å². The van der Waals surface area contributed by atoms with E-state index >= 15 is 0 Å². The first-order valence-corrected chi connectivity index (χ1v) is 6.15. The third-order valence-corrected chi connectivity index (χ3v) is 3.10. The molecule has 0 aliphatic rings. The summed E-state index contributed by atoms with van der Waals surface area (Å²) in [6.45, 7) is 5.67. The van der Waals surface area contributed by atoms with Crippen molar-refractivity contribution in [3.63, 3.8) is 0 Å². The van der Waals surface area contributed by atoms with Gasteiger partial charge < -0.3 is 10.4 Å². The molecule has 1 unspecified atom stereocenters. The molecule has 0 saturated carbocycles. The number of aryl methyl sites for hydroxylation is 1. The predicted molar refractivity (Wildman–Crippen MR) is 68.8 cm³/mol. The molecule has 1 aromatic rings. The Morgan fingerprint density at radius 3 is 2.81 bits per heavy atom. The molecule has 0 fully saturated rings. The van der Waals surface area contributed by atoms with E-state index in [1.165, 1.54) is 5.56 Å². The molecule has 0 aromatic heterocycles. The van der Waals surface area contributed by atoms with Gasteiger partial charge in [-0.05, 0) is 43.5 Å². The quantitative estimate of drug-likeness (QED) is 0.751. The molecule has 16 heavy (non-hydrogen) atoms. The maximum absolute atomic E-state index is 9.38. The molecule has 90 valence electrons. The molecule has 1 atom stereocenters. The highest BCUT2D eigenvalue weighted by Crippen LogP contribution is 2.16. The van der Waals surface area contributed by atoms with Gasteiger partial charge in [-0.25, -0.2) is 0 Å². The molecule has 0 bridgehead atoms. The standard InChI is InChI=1S/C13H20ClNO/c1-3-12(16)6-7-15-9-11-4-5-13(14)10(2)8-11/h4-5,8,12,15-16H,3,6-7,9H2,1-2H3. The molecule has 1 aromatic carbocycles. The van der Waals surface area contributed by atoms with Gasteiger partial charge in [-0.2, -0.15) is 0 Å². The first kappa shape index (κ1) is 13.5. The Hall–Kier alpha value is -0.570. The normalized spacial score (nSPS) is 12.8. The molecule has 0 amide bonds. The number of halogens is 1. The summed E-state index contributed by atoms with van der Waals surface area (Å²) in [5.74, 6) is 0. The minimum absolute atomic E-state index is 0.181. The van der Waals surface area contributed by atoms with Crippen LogP contribution in [-0.2, 0) is 6.54 Å². The van der Waals surface area contributed by atoms with Gasteiger partial charge in [-0.3, -0.25) is 0 Å². The molecular formula is C13H20ClNO. The molecule has 0 heterocycles. The second-order valence-corrected chi connectivity index (χ2v) is 4.52. The number of benzene rings is 1. The van der Waals surface area contributed by atoms with Crippen LogP contribution >= 0.6 is 11.6 Å². The van der Waals surface area contributed by atoms with Gasteiger partial charge in [0.15, 0.2) is 0 Å². The highest BCUT2D eigenvalue weighted by molar-refractivity contribution is 6.31. The lowest BCUT2D eigenvalue weighted by molar-refractivity contribution is 0.159. The second-order valence-electron chi connectivity index (χ2n) is 4.11. The van der Waals surface area contributed by atoms with Gasteiger partial charge in [0.1, 0.15) is 0 Å². The highest BCUT2D eigenvalue weighted by Gasteiger charge is 2.00. The number of hydrogen-bond donors (Lipinski definition) is 2. The van der Waals surface area contributed by atoms with E-state index in [-0.39, 0.29) is 6.10 Å². The molecular weight excluding hydrogens is 222 g/mol. The summed E-state index contributed by atoms with van der Waals surface area (Å²) in [6.07, 6.45) is 1.45. The average Bonchev–Trinajstić information content (AvgIpc) is 2.28. The van der Waals surface area contributed by atoms with Crippen molar-refractivity contribution in [2.24, 2.45) is 0 Å². The predicted octanol–water partition coefficient (Wildman–Crippen LogP) is 2.90. The number of nitrogens with one attached hydrogen (secondary N) is 1. The summed E-state index contributed by atoms with van der Waals surface area (Å²) in [6, 6.07) is 6.04. The van der Waals surface area contributed by atoms with Crippen molar-refractivity contribution < 1.29 is 5.11 Å². The first-order valence-electron chi connectivity index (χ1n) is 5.77. The van der Waals surface area contributed by atoms with E-state index < -0.39 is 0 Å². The zero-order chi connectivity index (χ0) is 12.0. The Bertz CT molecular complexity index is 328. The Morgan fingerprint density at radius 2 is 2.19 bits per heavy atom. The molecule has 2 nitrogen and oxygen atoms in total. The van der Waals surface area contributed by atoms with Crippen molar-refractivity contribution >= 4 is 11.6 Å². The summed E-state index contributed by atoms with van der Waals surface area (Å²) in [5.41, 5.74) is 2.34. The van der Waals surface area contributed by atoms with Crippen molar-refractivity contribution in [2.75, 3.05) is 6.54 Å².